The van der Waals surface area contributed by atoms with E-state index in [2.05, 4.69) is 5.10 Å². The van der Waals surface area contributed by atoms with Crippen molar-refractivity contribution < 1.29 is 28.5 Å². The van der Waals surface area contributed by atoms with Crippen molar-refractivity contribution in [1.29, 1.82) is 0 Å². The summed E-state index contributed by atoms with van der Waals surface area (Å²) in [5.74, 6) is 0.272. The predicted octanol–water partition coefficient (Wildman–Crippen LogP) is 3.91. The number of aromatic nitrogens is 2. The van der Waals surface area contributed by atoms with Gasteiger partial charge in [-0.05, 0) is 49.1 Å². The van der Waals surface area contributed by atoms with E-state index in [9.17, 15) is 9.59 Å². The molecule has 4 rings (SSSR count). The number of para-hydroxylation sites is 1. The molecule has 8 nitrogen and oxygen atoms in total. The standard InChI is InChI=1S/C24H24N2O6/c1-29-18-12-11-16(13-19(18)32-14-15-9-10-15)21-20(23(27)30-2)22(24(28)31-3)26(25-21)17-7-5-4-6-8-17/h4-8,11-13,15H,9-10,14H2,1-3H3. The van der Waals surface area contributed by atoms with Gasteiger partial charge in [-0.25, -0.2) is 14.3 Å². The van der Waals surface area contributed by atoms with Crippen molar-refractivity contribution in [2.24, 2.45) is 5.92 Å². The number of hydrogen-bond donors (Lipinski definition) is 0. The molecule has 8 heteroatoms. The molecule has 0 radical (unpaired) electrons. The molecule has 3 aromatic rings. The number of carbonyl (C=O) groups excluding carboxylic acids is 2. The van der Waals surface area contributed by atoms with Gasteiger partial charge in [-0.2, -0.15) is 5.10 Å². The number of carbonyl (C=O) groups is 2. The van der Waals surface area contributed by atoms with Crippen molar-refractivity contribution >= 4 is 11.9 Å². The highest BCUT2D eigenvalue weighted by atomic mass is 16.5. The number of ether oxygens (including phenoxy) is 4. The molecule has 0 saturated heterocycles. The van der Waals surface area contributed by atoms with E-state index >= 15 is 0 Å². The van der Waals surface area contributed by atoms with Crippen molar-refractivity contribution in [3.8, 4) is 28.4 Å². The van der Waals surface area contributed by atoms with Gasteiger partial charge in [0.25, 0.3) is 0 Å². The Morgan fingerprint density at radius 1 is 0.969 bits per heavy atom. The summed E-state index contributed by atoms with van der Waals surface area (Å²) >= 11 is 0. The second kappa shape index (κ2) is 9.13. The average Bonchev–Trinajstić information content (AvgIpc) is 3.59. The van der Waals surface area contributed by atoms with Crippen LogP contribution in [0.2, 0.25) is 0 Å². The average molecular weight is 436 g/mol. The first kappa shape index (κ1) is 21.4. The summed E-state index contributed by atoms with van der Waals surface area (Å²) in [5.41, 5.74) is 1.46. The third-order valence-electron chi connectivity index (χ3n) is 5.26. The van der Waals surface area contributed by atoms with Gasteiger partial charge in [0.15, 0.2) is 17.2 Å². The van der Waals surface area contributed by atoms with E-state index in [-0.39, 0.29) is 17.0 Å². The van der Waals surface area contributed by atoms with Gasteiger partial charge in [-0.15, -0.1) is 0 Å². The van der Waals surface area contributed by atoms with Crippen LogP contribution in [-0.2, 0) is 9.47 Å². The molecule has 1 saturated carbocycles. The smallest absolute Gasteiger partial charge is 0.357 e. The van der Waals surface area contributed by atoms with Crippen LogP contribution in [0.5, 0.6) is 11.5 Å². The van der Waals surface area contributed by atoms with E-state index < -0.39 is 11.9 Å². The first-order valence-corrected chi connectivity index (χ1v) is 10.2. The maximum absolute atomic E-state index is 12.8. The number of benzene rings is 2. The van der Waals surface area contributed by atoms with Gasteiger partial charge in [-0.1, -0.05) is 18.2 Å². The molecular weight excluding hydrogens is 412 g/mol. The summed E-state index contributed by atoms with van der Waals surface area (Å²) in [4.78, 5) is 25.5. The van der Waals surface area contributed by atoms with Crippen LogP contribution in [0.3, 0.4) is 0 Å². The molecule has 32 heavy (non-hydrogen) atoms. The molecule has 1 heterocycles. The molecule has 0 unspecified atom stereocenters. The maximum Gasteiger partial charge on any atom is 0.357 e. The molecule has 0 spiro atoms. The minimum atomic E-state index is -0.702. The van der Waals surface area contributed by atoms with Crippen LogP contribution >= 0.6 is 0 Å². The number of nitrogens with zero attached hydrogens (tertiary/aromatic N) is 2. The van der Waals surface area contributed by atoms with Gasteiger partial charge in [0.2, 0.25) is 0 Å². The van der Waals surface area contributed by atoms with Crippen LogP contribution in [0.1, 0.15) is 33.7 Å². The zero-order chi connectivity index (χ0) is 22.7. The minimum Gasteiger partial charge on any atom is -0.493 e. The Bertz CT molecular complexity index is 1130. The van der Waals surface area contributed by atoms with Gasteiger partial charge in [0, 0.05) is 5.56 Å². The van der Waals surface area contributed by atoms with E-state index in [4.69, 9.17) is 18.9 Å². The van der Waals surface area contributed by atoms with Crippen molar-refractivity contribution in [3.05, 3.63) is 59.8 Å². The SMILES string of the molecule is COC(=O)c1c(-c2ccc(OC)c(OCC3CC3)c2)nn(-c2ccccc2)c1C(=O)OC. The summed E-state index contributed by atoms with van der Waals surface area (Å²) in [6.07, 6.45) is 2.30. The van der Waals surface area contributed by atoms with Gasteiger partial charge in [0.1, 0.15) is 11.3 Å². The zero-order valence-electron chi connectivity index (χ0n) is 18.2. The lowest BCUT2D eigenvalue weighted by Crippen LogP contribution is -2.15. The minimum absolute atomic E-state index is 0.0153. The molecule has 1 aliphatic rings. The van der Waals surface area contributed by atoms with Gasteiger partial charge < -0.3 is 18.9 Å². The lowest BCUT2D eigenvalue weighted by molar-refractivity contribution is 0.0549. The fraction of sp³-hybridized carbons (Fsp3) is 0.292. The second-order valence-corrected chi connectivity index (χ2v) is 7.42. The van der Waals surface area contributed by atoms with Crippen LogP contribution in [0, 0.1) is 5.92 Å². The van der Waals surface area contributed by atoms with Crippen LogP contribution < -0.4 is 9.47 Å². The highest BCUT2D eigenvalue weighted by Gasteiger charge is 2.32. The van der Waals surface area contributed by atoms with Gasteiger partial charge in [-0.3, -0.25) is 0 Å². The summed E-state index contributed by atoms with van der Waals surface area (Å²) in [6.45, 7) is 0.593. The maximum atomic E-state index is 12.8. The van der Waals surface area contributed by atoms with E-state index in [1.165, 1.54) is 18.9 Å². The van der Waals surface area contributed by atoms with Gasteiger partial charge in [0.05, 0.1) is 33.6 Å². The van der Waals surface area contributed by atoms with E-state index in [1.807, 2.05) is 18.2 Å². The van der Waals surface area contributed by atoms with E-state index in [1.54, 1.807) is 37.4 Å². The highest BCUT2D eigenvalue weighted by molar-refractivity contribution is 6.06. The Morgan fingerprint density at radius 2 is 1.69 bits per heavy atom. The van der Waals surface area contributed by atoms with Crippen molar-refractivity contribution in [2.45, 2.75) is 12.8 Å². The lowest BCUT2D eigenvalue weighted by atomic mass is 10.0. The first-order valence-electron chi connectivity index (χ1n) is 10.2. The normalized spacial score (nSPS) is 12.8. The molecule has 0 amide bonds. The summed E-state index contributed by atoms with van der Waals surface area (Å²) in [7, 11) is 4.08. The monoisotopic (exact) mass is 436 g/mol. The van der Waals surface area contributed by atoms with Crippen LogP contribution in [0.25, 0.3) is 16.9 Å². The number of hydrogen-bond acceptors (Lipinski definition) is 7. The molecule has 1 aliphatic carbocycles. The molecule has 1 fully saturated rings. The fourth-order valence-electron chi connectivity index (χ4n) is 3.39. The molecule has 1 aromatic heterocycles. The van der Waals surface area contributed by atoms with Crippen molar-refractivity contribution in [3.63, 3.8) is 0 Å². The third kappa shape index (κ3) is 4.16. The zero-order valence-corrected chi connectivity index (χ0v) is 18.2. The predicted molar refractivity (Wildman–Crippen MR) is 116 cm³/mol. The second-order valence-electron chi connectivity index (χ2n) is 7.42. The Labute approximate surface area is 185 Å². The molecule has 2 aromatic carbocycles. The summed E-state index contributed by atoms with van der Waals surface area (Å²) < 4.78 is 22.7. The molecule has 0 N–H and O–H groups in total. The largest absolute Gasteiger partial charge is 0.493 e. The van der Waals surface area contributed by atoms with Crippen molar-refractivity contribution in [2.75, 3.05) is 27.9 Å². The highest BCUT2D eigenvalue weighted by Crippen LogP contribution is 2.37. The third-order valence-corrected chi connectivity index (χ3v) is 5.26. The number of rotatable bonds is 8. The van der Waals surface area contributed by atoms with E-state index in [0.717, 1.165) is 12.8 Å². The summed E-state index contributed by atoms with van der Waals surface area (Å²) in [5, 5.41) is 4.61. The molecule has 0 atom stereocenters. The van der Waals surface area contributed by atoms with Crippen LogP contribution in [0.15, 0.2) is 48.5 Å². The summed E-state index contributed by atoms with van der Waals surface area (Å²) in [6, 6.07) is 14.3. The van der Waals surface area contributed by atoms with Crippen LogP contribution in [0.4, 0.5) is 0 Å². The molecule has 166 valence electrons. The number of methoxy groups -OCH3 is 3. The van der Waals surface area contributed by atoms with E-state index in [0.29, 0.717) is 35.3 Å². The quantitative estimate of drug-likeness (QED) is 0.495. The molecular formula is C24H24N2O6. The molecule has 0 bridgehead atoms. The Morgan fingerprint density at radius 3 is 2.31 bits per heavy atom. The Hall–Kier alpha value is -3.81. The van der Waals surface area contributed by atoms with Gasteiger partial charge >= 0.3 is 11.9 Å². The molecule has 0 aliphatic heterocycles. The Kier molecular flexibility index (Phi) is 6.11. The Balaban J connectivity index is 1.89. The van der Waals surface area contributed by atoms with Crippen LogP contribution in [-0.4, -0.2) is 49.7 Å². The fourth-order valence-corrected chi connectivity index (χ4v) is 3.39. The van der Waals surface area contributed by atoms with Crippen molar-refractivity contribution in [1.82, 2.24) is 9.78 Å². The lowest BCUT2D eigenvalue weighted by Gasteiger charge is -2.12. The number of esters is 2. The first-order chi connectivity index (χ1) is 15.6. The topological polar surface area (TPSA) is 88.9 Å².